The second-order valence-electron chi connectivity index (χ2n) is 4.97. The minimum atomic E-state index is 0.136. The SMILES string of the molecule is COCc1cccc(CNC2(C)CCOC2)c1. The van der Waals surface area contributed by atoms with Crippen LogP contribution in [0.2, 0.25) is 0 Å². The van der Waals surface area contributed by atoms with E-state index in [1.807, 2.05) is 0 Å². The number of methoxy groups -OCH3 is 1. The second-order valence-corrected chi connectivity index (χ2v) is 4.97. The standard InChI is InChI=1S/C14H21NO2/c1-14(6-7-17-11-14)15-9-12-4-3-5-13(8-12)10-16-2/h3-5,8,15H,6-7,9-11H2,1-2H3. The lowest BCUT2D eigenvalue weighted by atomic mass is 10.0. The summed E-state index contributed by atoms with van der Waals surface area (Å²) in [4.78, 5) is 0. The van der Waals surface area contributed by atoms with Gasteiger partial charge in [0.1, 0.15) is 0 Å². The summed E-state index contributed by atoms with van der Waals surface area (Å²) < 4.78 is 10.6. The highest BCUT2D eigenvalue weighted by Gasteiger charge is 2.28. The first kappa shape index (κ1) is 12.6. The van der Waals surface area contributed by atoms with Gasteiger partial charge in [0.15, 0.2) is 0 Å². The van der Waals surface area contributed by atoms with Gasteiger partial charge in [-0.25, -0.2) is 0 Å². The van der Waals surface area contributed by atoms with Gasteiger partial charge in [-0.3, -0.25) is 0 Å². The van der Waals surface area contributed by atoms with Gasteiger partial charge in [0.25, 0.3) is 0 Å². The van der Waals surface area contributed by atoms with Crippen LogP contribution >= 0.6 is 0 Å². The first-order valence-corrected chi connectivity index (χ1v) is 6.11. The summed E-state index contributed by atoms with van der Waals surface area (Å²) in [6.45, 7) is 5.46. The molecule has 0 spiro atoms. The van der Waals surface area contributed by atoms with Gasteiger partial charge in [-0.1, -0.05) is 24.3 Å². The van der Waals surface area contributed by atoms with Crippen LogP contribution in [0, 0.1) is 0 Å². The van der Waals surface area contributed by atoms with Gasteiger partial charge < -0.3 is 14.8 Å². The number of nitrogens with one attached hydrogen (secondary N) is 1. The fourth-order valence-corrected chi connectivity index (χ4v) is 2.12. The Morgan fingerprint density at radius 1 is 1.41 bits per heavy atom. The average molecular weight is 235 g/mol. The maximum absolute atomic E-state index is 5.43. The van der Waals surface area contributed by atoms with Crippen LogP contribution in [0.3, 0.4) is 0 Å². The maximum atomic E-state index is 5.43. The number of rotatable bonds is 5. The van der Waals surface area contributed by atoms with Crippen molar-refractivity contribution in [1.29, 1.82) is 0 Å². The van der Waals surface area contributed by atoms with Crippen LogP contribution in [0.25, 0.3) is 0 Å². The van der Waals surface area contributed by atoms with E-state index in [0.717, 1.165) is 26.2 Å². The molecule has 1 heterocycles. The smallest absolute Gasteiger partial charge is 0.0713 e. The Kier molecular flexibility index (Phi) is 4.15. The van der Waals surface area contributed by atoms with Gasteiger partial charge in [-0.2, -0.15) is 0 Å². The van der Waals surface area contributed by atoms with Crippen LogP contribution in [-0.4, -0.2) is 25.9 Å². The van der Waals surface area contributed by atoms with Crippen molar-refractivity contribution in [2.24, 2.45) is 0 Å². The van der Waals surface area contributed by atoms with E-state index in [1.54, 1.807) is 7.11 Å². The molecular formula is C14H21NO2. The number of hydrogen-bond donors (Lipinski definition) is 1. The summed E-state index contributed by atoms with van der Waals surface area (Å²) >= 11 is 0. The zero-order valence-electron chi connectivity index (χ0n) is 10.7. The Morgan fingerprint density at radius 2 is 2.24 bits per heavy atom. The van der Waals surface area contributed by atoms with E-state index in [0.29, 0.717) is 6.61 Å². The van der Waals surface area contributed by atoms with E-state index in [1.165, 1.54) is 11.1 Å². The van der Waals surface area contributed by atoms with Crippen LogP contribution in [0.5, 0.6) is 0 Å². The molecule has 1 atom stereocenters. The molecule has 1 N–H and O–H groups in total. The van der Waals surface area contributed by atoms with Crippen LogP contribution in [0.1, 0.15) is 24.5 Å². The van der Waals surface area contributed by atoms with E-state index >= 15 is 0 Å². The van der Waals surface area contributed by atoms with Gasteiger partial charge >= 0.3 is 0 Å². The zero-order valence-corrected chi connectivity index (χ0v) is 10.7. The monoisotopic (exact) mass is 235 g/mol. The highest BCUT2D eigenvalue weighted by atomic mass is 16.5. The first-order chi connectivity index (χ1) is 8.22. The zero-order chi connectivity index (χ0) is 12.1. The number of ether oxygens (including phenoxy) is 2. The van der Waals surface area contributed by atoms with Gasteiger partial charge in [0.05, 0.1) is 13.2 Å². The van der Waals surface area contributed by atoms with Gasteiger partial charge in [0.2, 0.25) is 0 Å². The van der Waals surface area contributed by atoms with Gasteiger partial charge in [-0.15, -0.1) is 0 Å². The molecule has 2 rings (SSSR count). The Bertz CT molecular complexity index is 359. The molecular weight excluding hydrogens is 214 g/mol. The van der Waals surface area contributed by atoms with Crippen molar-refractivity contribution in [2.75, 3.05) is 20.3 Å². The molecule has 3 heteroatoms. The molecule has 1 aliphatic heterocycles. The summed E-state index contributed by atoms with van der Waals surface area (Å²) in [6, 6.07) is 8.51. The molecule has 1 aliphatic rings. The minimum Gasteiger partial charge on any atom is -0.380 e. The average Bonchev–Trinajstić information content (AvgIpc) is 2.76. The molecule has 3 nitrogen and oxygen atoms in total. The Balaban J connectivity index is 1.91. The van der Waals surface area contributed by atoms with Crippen molar-refractivity contribution in [1.82, 2.24) is 5.32 Å². The largest absolute Gasteiger partial charge is 0.380 e. The van der Waals surface area contributed by atoms with Crippen LogP contribution < -0.4 is 5.32 Å². The fourth-order valence-electron chi connectivity index (χ4n) is 2.12. The van der Waals surface area contributed by atoms with Crippen molar-refractivity contribution in [3.8, 4) is 0 Å². The predicted molar refractivity (Wildman–Crippen MR) is 67.8 cm³/mol. The summed E-state index contributed by atoms with van der Waals surface area (Å²) in [7, 11) is 1.72. The number of benzene rings is 1. The van der Waals surface area contributed by atoms with E-state index in [2.05, 4.69) is 36.5 Å². The van der Waals surface area contributed by atoms with E-state index in [-0.39, 0.29) is 5.54 Å². The van der Waals surface area contributed by atoms with Crippen LogP contribution in [0.15, 0.2) is 24.3 Å². The van der Waals surface area contributed by atoms with E-state index in [4.69, 9.17) is 9.47 Å². The molecule has 1 aromatic rings. The molecule has 1 aromatic carbocycles. The van der Waals surface area contributed by atoms with E-state index < -0.39 is 0 Å². The third kappa shape index (κ3) is 3.53. The van der Waals surface area contributed by atoms with Gasteiger partial charge in [0, 0.05) is 25.8 Å². The van der Waals surface area contributed by atoms with Crippen molar-refractivity contribution >= 4 is 0 Å². The van der Waals surface area contributed by atoms with E-state index in [9.17, 15) is 0 Å². The molecule has 0 aliphatic carbocycles. The summed E-state index contributed by atoms with van der Waals surface area (Å²) in [6.07, 6.45) is 1.09. The molecule has 0 amide bonds. The minimum absolute atomic E-state index is 0.136. The lowest BCUT2D eigenvalue weighted by molar-refractivity contribution is 0.171. The molecule has 1 saturated heterocycles. The summed E-state index contributed by atoms with van der Waals surface area (Å²) in [5.41, 5.74) is 2.66. The van der Waals surface area contributed by atoms with Crippen molar-refractivity contribution in [3.63, 3.8) is 0 Å². The Morgan fingerprint density at radius 3 is 2.94 bits per heavy atom. The topological polar surface area (TPSA) is 30.5 Å². The molecule has 17 heavy (non-hydrogen) atoms. The quantitative estimate of drug-likeness (QED) is 0.848. The molecule has 94 valence electrons. The predicted octanol–water partition coefficient (Wildman–Crippen LogP) is 2.10. The third-order valence-corrected chi connectivity index (χ3v) is 3.24. The molecule has 1 unspecified atom stereocenters. The third-order valence-electron chi connectivity index (χ3n) is 3.24. The Hall–Kier alpha value is -0.900. The number of hydrogen-bond acceptors (Lipinski definition) is 3. The van der Waals surface area contributed by atoms with Crippen LogP contribution in [0.4, 0.5) is 0 Å². The maximum Gasteiger partial charge on any atom is 0.0713 e. The van der Waals surface area contributed by atoms with Gasteiger partial charge in [-0.05, 0) is 24.5 Å². The van der Waals surface area contributed by atoms with Crippen molar-refractivity contribution in [3.05, 3.63) is 35.4 Å². The molecule has 1 fully saturated rings. The summed E-state index contributed by atoms with van der Waals surface area (Å²) in [5, 5.41) is 3.58. The van der Waals surface area contributed by atoms with Crippen molar-refractivity contribution < 1.29 is 9.47 Å². The lowest BCUT2D eigenvalue weighted by Crippen LogP contribution is -2.42. The molecule has 0 radical (unpaired) electrons. The highest BCUT2D eigenvalue weighted by molar-refractivity contribution is 5.23. The van der Waals surface area contributed by atoms with Crippen LogP contribution in [-0.2, 0) is 22.6 Å². The lowest BCUT2D eigenvalue weighted by Gasteiger charge is -2.23. The second kappa shape index (κ2) is 5.63. The highest BCUT2D eigenvalue weighted by Crippen LogP contribution is 2.18. The Labute approximate surface area is 103 Å². The molecule has 0 bridgehead atoms. The first-order valence-electron chi connectivity index (χ1n) is 6.11. The molecule has 0 saturated carbocycles. The van der Waals surface area contributed by atoms with Crippen molar-refractivity contribution in [2.45, 2.75) is 32.0 Å². The molecule has 0 aromatic heterocycles. The summed E-state index contributed by atoms with van der Waals surface area (Å²) in [5.74, 6) is 0. The normalized spacial score (nSPS) is 24.1. The fraction of sp³-hybridized carbons (Fsp3) is 0.571.